The topological polar surface area (TPSA) is 194 Å². The van der Waals surface area contributed by atoms with Crippen molar-refractivity contribution in [1.29, 1.82) is 0 Å². The summed E-state index contributed by atoms with van der Waals surface area (Å²) in [6, 6.07) is 25.0. The molecule has 13 heteroatoms. The second-order valence-electron chi connectivity index (χ2n) is 10.4. The van der Waals surface area contributed by atoms with E-state index in [4.69, 9.17) is 16.2 Å². The van der Waals surface area contributed by atoms with Crippen LogP contribution in [0.25, 0.3) is 0 Å². The van der Waals surface area contributed by atoms with Gasteiger partial charge in [0, 0.05) is 30.6 Å². The molecule has 9 N–H and O–H groups in total. The van der Waals surface area contributed by atoms with Gasteiger partial charge in [-0.25, -0.2) is 4.79 Å². The smallest absolute Gasteiger partial charge is 0.412 e. The number of carbonyl (C=O) groups is 3. The van der Waals surface area contributed by atoms with Gasteiger partial charge in [0.15, 0.2) is 5.88 Å². The first-order valence-electron chi connectivity index (χ1n) is 14.7. The van der Waals surface area contributed by atoms with E-state index in [1.165, 1.54) is 22.4 Å². The van der Waals surface area contributed by atoms with Crippen molar-refractivity contribution in [2.75, 3.05) is 24.2 Å². The van der Waals surface area contributed by atoms with Crippen molar-refractivity contribution in [2.24, 2.45) is 11.5 Å². The maximum Gasteiger partial charge on any atom is 0.412 e. The first kappa shape index (κ1) is 33.9. The molecule has 2 atom stereocenters. The van der Waals surface area contributed by atoms with E-state index < -0.39 is 18.2 Å². The molecule has 1 aromatic heterocycles. The quantitative estimate of drug-likeness (QED) is 0.0750. The summed E-state index contributed by atoms with van der Waals surface area (Å²) in [5, 5.41) is 28.8. The molecule has 46 heavy (non-hydrogen) atoms. The van der Waals surface area contributed by atoms with E-state index in [1.54, 1.807) is 36.4 Å². The number of amides is 3. The Morgan fingerprint density at radius 2 is 1.48 bits per heavy atom. The molecule has 4 aromatic rings. The monoisotopic (exact) mass is 646 g/mol. The molecule has 0 radical (unpaired) electrons. The predicted molar refractivity (Wildman–Crippen MR) is 177 cm³/mol. The third kappa shape index (κ3) is 10.3. The van der Waals surface area contributed by atoms with Gasteiger partial charge in [-0.3, -0.25) is 14.2 Å². The second-order valence-corrected chi connectivity index (χ2v) is 11.6. The van der Waals surface area contributed by atoms with Crippen LogP contribution in [0.3, 0.4) is 0 Å². The molecule has 0 aliphatic rings. The van der Waals surface area contributed by atoms with Gasteiger partial charge in [-0.2, -0.15) is 0 Å². The maximum atomic E-state index is 12.4. The lowest BCUT2D eigenvalue weighted by atomic mass is 10.1. The normalized spacial score (nSPS) is 12.1. The van der Waals surface area contributed by atoms with Crippen LogP contribution in [0.4, 0.5) is 10.5 Å². The van der Waals surface area contributed by atoms with E-state index in [1.807, 2.05) is 48.5 Å². The van der Waals surface area contributed by atoms with Gasteiger partial charge in [0.25, 0.3) is 0 Å². The Morgan fingerprint density at radius 1 is 0.804 bits per heavy atom. The van der Waals surface area contributed by atoms with Crippen LogP contribution in [-0.4, -0.2) is 63.6 Å². The summed E-state index contributed by atoms with van der Waals surface area (Å²) in [5.74, 6) is -0.0341. The number of nitrogens with zero attached hydrogens (tertiary/aromatic N) is 1. The van der Waals surface area contributed by atoms with Crippen LogP contribution in [0.2, 0.25) is 0 Å². The Balaban J connectivity index is 1.10. The highest BCUT2D eigenvalue weighted by molar-refractivity contribution is 7.99. The maximum absolute atomic E-state index is 12.4. The minimum atomic E-state index is -0.850. The minimum Gasteiger partial charge on any atom is -0.494 e. The van der Waals surface area contributed by atoms with Crippen LogP contribution in [0.5, 0.6) is 17.5 Å². The number of aromatic nitrogens is 1. The number of anilines is 1. The number of nitrogens with two attached hydrogens (primary N) is 2. The van der Waals surface area contributed by atoms with E-state index >= 15 is 0 Å². The Bertz CT molecular complexity index is 1580. The number of benzene rings is 3. The van der Waals surface area contributed by atoms with Crippen LogP contribution < -0.4 is 32.2 Å². The van der Waals surface area contributed by atoms with Crippen molar-refractivity contribution in [3.63, 3.8) is 0 Å². The zero-order valence-corrected chi connectivity index (χ0v) is 25.9. The Kier molecular flexibility index (Phi) is 12.5. The Morgan fingerprint density at radius 3 is 2.17 bits per heavy atom. The van der Waals surface area contributed by atoms with Crippen molar-refractivity contribution < 1.29 is 29.3 Å². The molecule has 1 heterocycles. The molecule has 4 rings (SSSR count). The van der Waals surface area contributed by atoms with Crippen LogP contribution in [0, 0.1) is 0 Å². The molecule has 0 saturated carbocycles. The number of thioether (sulfide) groups is 1. The molecule has 0 saturated heterocycles. The largest absolute Gasteiger partial charge is 0.494 e. The van der Waals surface area contributed by atoms with Crippen molar-refractivity contribution in [1.82, 2.24) is 15.2 Å². The summed E-state index contributed by atoms with van der Waals surface area (Å²) < 4.78 is 6.68. The summed E-state index contributed by atoms with van der Waals surface area (Å²) in [4.78, 5) is 37.4. The third-order valence-corrected chi connectivity index (χ3v) is 7.90. The number of hydrogen-bond donors (Lipinski definition) is 7. The molecule has 0 aliphatic carbocycles. The van der Waals surface area contributed by atoms with E-state index in [0.29, 0.717) is 35.1 Å². The molecular formula is C33H38N6O6S. The molecule has 0 aliphatic heterocycles. The van der Waals surface area contributed by atoms with Crippen molar-refractivity contribution in [2.45, 2.75) is 36.4 Å². The number of para-hydroxylation sites is 1. The van der Waals surface area contributed by atoms with Gasteiger partial charge in [0.2, 0.25) is 17.7 Å². The first-order chi connectivity index (χ1) is 22.2. The average molecular weight is 647 g/mol. The summed E-state index contributed by atoms with van der Waals surface area (Å²) in [5.41, 5.74) is 14.4. The zero-order valence-electron chi connectivity index (χ0n) is 25.1. The molecule has 0 spiro atoms. The summed E-state index contributed by atoms with van der Waals surface area (Å²) >= 11 is 1.29. The van der Waals surface area contributed by atoms with Crippen molar-refractivity contribution >= 4 is 35.4 Å². The molecule has 0 bridgehead atoms. The Hall–Kier alpha value is -4.98. The van der Waals surface area contributed by atoms with Gasteiger partial charge in [0.1, 0.15) is 5.75 Å². The molecule has 2 unspecified atom stereocenters. The van der Waals surface area contributed by atoms with E-state index in [2.05, 4.69) is 16.0 Å². The van der Waals surface area contributed by atoms with Crippen molar-refractivity contribution in [3.05, 3.63) is 102 Å². The second kappa shape index (κ2) is 16.9. The number of ether oxygens (including phenoxy) is 1. The number of rotatable bonds is 15. The number of nitrogens with one attached hydrogen (secondary N) is 3. The SMILES string of the molecule is NC(CCNC(=O)Oc1ccc(CC(N)C(=O)Nc2ccccc2)cc1)C(=O)NCCSc1cc(O)n(Cc2ccccc2)c1O. The molecule has 0 fully saturated rings. The van der Waals surface area contributed by atoms with E-state index in [0.717, 1.165) is 11.1 Å². The summed E-state index contributed by atoms with van der Waals surface area (Å²) in [6.45, 7) is 0.730. The van der Waals surface area contributed by atoms with Gasteiger partial charge in [0.05, 0.1) is 23.5 Å². The Labute approximate surface area is 271 Å². The fourth-order valence-corrected chi connectivity index (χ4v) is 5.25. The highest BCUT2D eigenvalue weighted by Crippen LogP contribution is 2.35. The van der Waals surface area contributed by atoms with Gasteiger partial charge in [-0.15, -0.1) is 11.8 Å². The molecular weight excluding hydrogens is 608 g/mol. The lowest BCUT2D eigenvalue weighted by Gasteiger charge is -2.13. The minimum absolute atomic E-state index is 0.0453. The summed E-state index contributed by atoms with van der Waals surface area (Å²) in [7, 11) is 0. The number of carbonyl (C=O) groups excluding carboxylic acids is 3. The number of hydrogen-bond acceptors (Lipinski definition) is 9. The fourth-order valence-electron chi connectivity index (χ4n) is 4.40. The van der Waals surface area contributed by atoms with E-state index in [-0.39, 0.29) is 43.1 Å². The van der Waals surface area contributed by atoms with Crippen LogP contribution in [0.1, 0.15) is 17.5 Å². The van der Waals surface area contributed by atoms with Gasteiger partial charge < -0.3 is 42.4 Å². The predicted octanol–water partition coefficient (Wildman–Crippen LogP) is 3.17. The van der Waals surface area contributed by atoms with Gasteiger partial charge in [-0.1, -0.05) is 60.7 Å². The van der Waals surface area contributed by atoms with Crippen LogP contribution in [0.15, 0.2) is 95.9 Å². The highest BCUT2D eigenvalue weighted by atomic mass is 32.2. The number of aromatic hydroxyl groups is 2. The average Bonchev–Trinajstić information content (AvgIpc) is 3.32. The van der Waals surface area contributed by atoms with E-state index in [9.17, 15) is 24.6 Å². The van der Waals surface area contributed by atoms with Gasteiger partial charge in [-0.05, 0) is 48.2 Å². The molecule has 3 amide bonds. The fraction of sp³-hybridized carbons (Fsp3) is 0.242. The molecule has 3 aromatic carbocycles. The van der Waals surface area contributed by atoms with Gasteiger partial charge >= 0.3 is 6.09 Å². The van der Waals surface area contributed by atoms with Crippen LogP contribution in [-0.2, 0) is 22.6 Å². The standard InChI is InChI=1S/C33H38N6O6S/c34-26(30(41)36-17-18-46-28-20-29(40)39(32(28)43)21-23-7-3-1-4-8-23)15-16-37-33(44)45-25-13-11-22(12-14-25)19-27(35)31(42)38-24-9-5-2-6-10-24/h1-14,20,26-27,40,43H,15-19,21,34-35H2,(H,36,41)(H,37,44)(H,38,42). The lowest BCUT2D eigenvalue weighted by molar-refractivity contribution is -0.122. The van der Waals surface area contributed by atoms with Crippen LogP contribution >= 0.6 is 11.8 Å². The third-order valence-electron chi connectivity index (χ3n) is 6.88. The zero-order chi connectivity index (χ0) is 32.9. The first-order valence-corrected chi connectivity index (χ1v) is 15.7. The van der Waals surface area contributed by atoms with Crippen molar-refractivity contribution in [3.8, 4) is 17.5 Å². The summed E-state index contributed by atoms with van der Waals surface area (Å²) in [6.07, 6.45) is -0.205. The highest BCUT2D eigenvalue weighted by Gasteiger charge is 2.17. The molecule has 12 nitrogen and oxygen atoms in total. The lowest BCUT2D eigenvalue weighted by Crippen LogP contribution is -2.43. The molecule has 242 valence electrons.